The van der Waals surface area contributed by atoms with Crippen LogP contribution < -0.4 is 10.1 Å². The monoisotopic (exact) mass is 310 g/mol. The van der Waals surface area contributed by atoms with Crippen LogP contribution >= 0.6 is 0 Å². The number of carbonyl (C=O) groups excluding carboxylic acids is 1. The van der Waals surface area contributed by atoms with Gasteiger partial charge in [-0.15, -0.1) is 0 Å². The lowest BCUT2D eigenvalue weighted by atomic mass is 9.89. The smallest absolute Gasteiger partial charge is 0.217 e. The molecule has 0 radical (unpaired) electrons. The second-order valence-corrected chi connectivity index (χ2v) is 6.08. The lowest BCUT2D eigenvalue weighted by molar-refractivity contribution is -0.119. The summed E-state index contributed by atoms with van der Waals surface area (Å²) < 4.78 is 5.33. The molecule has 1 N–H and O–H groups in total. The molecule has 2 aromatic rings. The number of amides is 1. The summed E-state index contributed by atoms with van der Waals surface area (Å²) in [6.45, 7) is 1.58. The molecule has 0 bridgehead atoms. The number of hydrogen-bond donors (Lipinski definition) is 1. The van der Waals surface area contributed by atoms with Crippen molar-refractivity contribution in [1.29, 1.82) is 0 Å². The molecule has 1 atom stereocenters. The van der Waals surface area contributed by atoms with Crippen molar-refractivity contribution in [1.82, 2.24) is 10.3 Å². The zero-order valence-electron chi connectivity index (χ0n) is 13.6. The van der Waals surface area contributed by atoms with Gasteiger partial charge < -0.3 is 10.1 Å². The molecule has 1 aromatic carbocycles. The van der Waals surface area contributed by atoms with Gasteiger partial charge in [0, 0.05) is 24.5 Å². The highest BCUT2D eigenvalue weighted by Crippen LogP contribution is 2.29. The van der Waals surface area contributed by atoms with Crippen LogP contribution in [0, 0.1) is 0 Å². The summed E-state index contributed by atoms with van der Waals surface area (Å²) in [6.07, 6.45) is 8.27. The molecule has 4 heteroatoms. The van der Waals surface area contributed by atoms with Crippen LogP contribution in [0.2, 0.25) is 0 Å². The van der Waals surface area contributed by atoms with Crippen LogP contribution in [0.3, 0.4) is 0 Å². The number of ether oxygens (including phenoxy) is 1. The fourth-order valence-corrected chi connectivity index (χ4v) is 3.26. The van der Waals surface area contributed by atoms with Crippen LogP contribution in [0.1, 0.15) is 38.2 Å². The number of carbonyl (C=O) groups is 1. The molecule has 23 heavy (non-hydrogen) atoms. The van der Waals surface area contributed by atoms with Gasteiger partial charge >= 0.3 is 0 Å². The van der Waals surface area contributed by atoms with Gasteiger partial charge in [-0.2, -0.15) is 0 Å². The first-order valence-electron chi connectivity index (χ1n) is 8.05. The van der Waals surface area contributed by atoms with Crippen molar-refractivity contribution in [3.05, 3.63) is 41.6 Å². The van der Waals surface area contributed by atoms with E-state index < -0.39 is 0 Å². The average molecular weight is 310 g/mol. The largest absolute Gasteiger partial charge is 0.497 e. The molecule has 1 fully saturated rings. The summed E-state index contributed by atoms with van der Waals surface area (Å²) >= 11 is 0. The van der Waals surface area contributed by atoms with Gasteiger partial charge in [-0.25, -0.2) is 0 Å². The number of fused-ring (bicyclic) bond motifs is 1. The Bertz CT molecular complexity index is 752. The minimum atomic E-state index is 0.0512. The normalized spacial score (nSPS) is 19.7. The second-order valence-electron chi connectivity index (χ2n) is 6.08. The average Bonchev–Trinajstić information content (AvgIpc) is 2.54. The summed E-state index contributed by atoms with van der Waals surface area (Å²) in [6, 6.07) is 8.24. The molecule has 120 valence electrons. The van der Waals surface area contributed by atoms with Crippen LogP contribution in [0.25, 0.3) is 17.0 Å². The zero-order chi connectivity index (χ0) is 16.2. The van der Waals surface area contributed by atoms with E-state index in [1.54, 1.807) is 14.0 Å². The molecule has 0 spiro atoms. The third-order valence-corrected chi connectivity index (χ3v) is 4.31. The topological polar surface area (TPSA) is 51.2 Å². The number of hydrogen-bond acceptors (Lipinski definition) is 3. The van der Waals surface area contributed by atoms with E-state index in [1.165, 1.54) is 5.57 Å². The first-order valence-corrected chi connectivity index (χ1v) is 8.05. The summed E-state index contributed by atoms with van der Waals surface area (Å²) in [7, 11) is 1.68. The van der Waals surface area contributed by atoms with Crippen molar-refractivity contribution in [2.75, 3.05) is 7.11 Å². The van der Waals surface area contributed by atoms with Crippen LogP contribution in [-0.2, 0) is 4.79 Å². The third-order valence-electron chi connectivity index (χ3n) is 4.31. The van der Waals surface area contributed by atoms with Crippen molar-refractivity contribution in [3.63, 3.8) is 0 Å². The summed E-state index contributed by atoms with van der Waals surface area (Å²) in [4.78, 5) is 15.7. The zero-order valence-corrected chi connectivity index (χ0v) is 13.6. The van der Waals surface area contributed by atoms with Crippen molar-refractivity contribution in [2.24, 2.45) is 0 Å². The van der Waals surface area contributed by atoms with Crippen LogP contribution in [0.5, 0.6) is 5.75 Å². The van der Waals surface area contributed by atoms with Crippen molar-refractivity contribution in [3.8, 4) is 5.75 Å². The van der Waals surface area contributed by atoms with Gasteiger partial charge in [0.1, 0.15) is 5.75 Å². The maximum absolute atomic E-state index is 11.3. The molecule has 1 unspecified atom stereocenters. The molecule has 1 heterocycles. The Morgan fingerprint density at radius 1 is 1.39 bits per heavy atom. The maximum Gasteiger partial charge on any atom is 0.217 e. The number of benzene rings is 1. The van der Waals surface area contributed by atoms with Crippen molar-refractivity contribution < 1.29 is 9.53 Å². The summed E-state index contributed by atoms with van der Waals surface area (Å²) in [5.41, 5.74) is 3.51. The predicted octanol–water partition coefficient (Wildman–Crippen LogP) is 3.71. The van der Waals surface area contributed by atoms with Gasteiger partial charge in [-0.3, -0.25) is 9.78 Å². The molecular formula is C19H22N2O2. The first-order chi connectivity index (χ1) is 11.2. The van der Waals surface area contributed by atoms with E-state index in [4.69, 9.17) is 4.74 Å². The molecule has 1 saturated carbocycles. The summed E-state index contributed by atoms with van der Waals surface area (Å²) in [5, 5.41) is 4.14. The molecule has 1 aliphatic rings. The van der Waals surface area contributed by atoms with Gasteiger partial charge in [0.25, 0.3) is 0 Å². The predicted molar refractivity (Wildman–Crippen MR) is 92.3 cm³/mol. The molecule has 3 rings (SSSR count). The number of nitrogens with zero attached hydrogens (tertiary/aromatic N) is 1. The van der Waals surface area contributed by atoms with E-state index >= 15 is 0 Å². The van der Waals surface area contributed by atoms with E-state index in [9.17, 15) is 4.79 Å². The lowest BCUT2D eigenvalue weighted by Gasteiger charge is -2.25. The second kappa shape index (κ2) is 6.82. The van der Waals surface area contributed by atoms with Crippen molar-refractivity contribution in [2.45, 2.75) is 38.6 Å². The van der Waals surface area contributed by atoms with Gasteiger partial charge in [-0.1, -0.05) is 11.6 Å². The fraction of sp³-hybridized carbons (Fsp3) is 0.368. The Kier molecular flexibility index (Phi) is 4.60. The Balaban J connectivity index is 1.91. The molecule has 4 nitrogen and oxygen atoms in total. The maximum atomic E-state index is 11.3. The number of aromatic nitrogens is 1. The Hall–Kier alpha value is -2.36. The molecule has 1 aromatic heterocycles. The quantitative estimate of drug-likeness (QED) is 0.940. The lowest BCUT2D eigenvalue weighted by Crippen LogP contribution is -2.35. The highest BCUT2D eigenvalue weighted by molar-refractivity contribution is 5.89. The van der Waals surface area contributed by atoms with E-state index in [1.807, 2.05) is 30.5 Å². The fourth-order valence-electron chi connectivity index (χ4n) is 3.26. The SMILES string of the molecule is COc1ccc2nccc(/C=C3/CCCC(NC(C)=O)C3)c2c1. The van der Waals surface area contributed by atoms with Crippen LogP contribution in [0.15, 0.2) is 36.0 Å². The van der Waals surface area contributed by atoms with Gasteiger partial charge in [0.2, 0.25) is 5.91 Å². The Morgan fingerprint density at radius 3 is 3.04 bits per heavy atom. The third kappa shape index (κ3) is 3.70. The Morgan fingerprint density at radius 2 is 2.26 bits per heavy atom. The standard InChI is InChI=1S/C19H22N2O2/c1-13(22)21-16-5-3-4-14(11-16)10-15-8-9-20-19-7-6-17(23-2)12-18(15)19/h6-10,12,16H,3-5,11H2,1-2H3,(H,21,22)/b14-10-. The number of nitrogens with one attached hydrogen (secondary N) is 1. The molecular weight excluding hydrogens is 288 g/mol. The van der Waals surface area contributed by atoms with E-state index in [0.717, 1.165) is 47.9 Å². The molecule has 1 amide bonds. The highest BCUT2D eigenvalue weighted by Gasteiger charge is 2.17. The van der Waals surface area contributed by atoms with E-state index in [0.29, 0.717) is 0 Å². The van der Waals surface area contributed by atoms with Gasteiger partial charge in [0.05, 0.1) is 12.6 Å². The van der Waals surface area contributed by atoms with E-state index in [2.05, 4.69) is 16.4 Å². The van der Waals surface area contributed by atoms with Crippen LogP contribution in [-0.4, -0.2) is 24.0 Å². The number of methoxy groups -OCH3 is 1. The number of pyridine rings is 1. The molecule has 0 saturated heterocycles. The minimum absolute atomic E-state index is 0.0512. The van der Waals surface area contributed by atoms with Gasteiger partial charge in [-0.05, 0) is 55.5 Å². The minimum Gasteiger partial charge on any atom is -0.497 e. The summed E-state index contributed by atoms with van der Waals surface area (Å²) in [5.74, 6) is 0.889. The van der Waals surface area contributed by atoms with Crippen LogP contribution in [0.4, 0.5) is 0 Å². The van der Waals surface area contributed by atoms with Crippen molar-refractivity contribution >= 4 is 22.9 Å². The van der Waals surface area contributed by atoms with Gasteiger partial charge in [0.15, 0.2) is 0 Å². The molecule has 1 aliphatic carbocycles. The van der Waals surface area contributed by atoms with E-state index in [-0.39, 0.29) is 11.9 Å². The molecule has 0 aliphatic heterocycles. The highest BCUT2D eigenvalue weighted by atomic mass is 16.5. The Labute approximate surface area is 136 Å². The number of rotatable bonds is 3. The first kappa shape index (κ1) is 15.5.